The zero-order valence-corrected chi connectivity index (χ0v) is 11.0. The first-order valence-electron chi connectivity index (χ1n) is 6.29. The third-order valence-electron chi connectivity index (χ3n) is 3.11. The maximum absolute atomic E-state index is 12.1. The number of carbonyl (C=O) groups is 2. The maximum atomic E-state index is 12.1. The molecular weight excluding hydrogens is 218 g/mol. The van der Waals surface area contributed by atoms with Crippen LogP contribution in [0, 0.1) is 5.92 Å². The summed E-state index contributed by atoms with van der Waals surface area (Å²) in [6, 6.07) is 0. The summed E-state index contributed by atoms with van der Waals surface area (Å²) in [5, 5.41) is 3.16. The van der Waals surface area contributed by atoms with E-state index in [4.69, 9.17) is 0 Å². The highest BCUT2D eigenvalue weighted by Crippen LogP contribution is 2.07. The fourth-order valence-electron chi connectivity index (χ4n) is 1.93. The molecule has 98 valence electrons. The molecule has 0 saturated carbocycles. The van der Waals surface area contributed by atoms with Crippen molar-refractivity contribution in [3.63, 3.8) is 0 Å². The van der Waals surface area contributed by atoms with Gasteiger partial charge in [-0.25, -0.2) is 0 Å². The molecule has 1 atom stereocenters. The van der Waals surface area contributed by atoms with Gasteiger partial charge in [0.05, 0.1) is 6.54 Å². The molecule has 2 amide bonds. The number of amides is 2. The summed E-state index contributed by atoms with van der Waals surface area (Å²) in [7, 11) is 1.79. The summed E-state index contributed by atoms with van der Waals surface area (Å²) in [4.78, 5) is 27.2. The van der Waals surface area contributed by atoms with Gasteiger partial charge < -0.3 is 15.1 Å². The molecule has 0 bridgehead atoms. The first-order valence-corrected chi connectivity index (χ1v) is 6.29. The van der Waals surface area contributed by atoms with Gasteiger partial charge in [-0.05, 0) is 13.0 Å². The molecule has 0 aromatic carbocycles. The molecule has 1 heterocycles. The second-order valence-corrected chi connectivity index (χ2v) is 4.64. The van der Waals surface area contributed by atoms with Crippen LogP contribution in [0.4, 0.5) is 0 Å². The molecule has 1 N–H and O–H groups in total. The Balaban J connectivity index is 2.53. The van der Waals surface area contributed by atoms with Crippen molar-refractivity contribution in [2.24, 2.45) is 5.92 Å². The summed E-state index contributed by atoms with van der Waals surface area (Å²) < 4.78 is 0. The molecule has 1 saturated heterocycles. The van der Waals surface area contributed by atoms with Crippen molar-refractivity contribution < 1.29 is 9.59 Å². The number of nitrogens with zero attached hydrogens (tertiary/aromatic N) is 2. The van der Waals surface area contributed by atoms with E-state index in [9.17, 15) is 9.59 Å². The van der Waals surface area contributed by atoms with Crippen molar-refractivity contribution in [2.75, 3.05) is 39.8 Å². The highest BCUT2D eigenvalue weighted by atomic mass is 16.2. The maximum Gasteiger partial charge on any atom is 0.241 e. The predicted molar refractivity (Wildman–Crippen MR) is 66.5 cm³/mol. The predicted octanol–water partition coefficient (Wildman–Crippen LogP) is -0.0773. The molecule has 1 unspecified atom stereocenters. The molecule has 17 heavy (non-hydrogen) atoms. The molecule has 5 heteroatoms. The summed E-state index contributed by atoms with van der Waals surface area (Å²) in [6.45, 7) is 7.11. The third-order valence-corrected chi connectivity index (χ3v) is 3.11. The summed E-state index contributed by atoms with van der Waals surface area (Å²) in [6.07, 6.45) is 0.863. The standard InChI is InChI=1S/C12H23N3O2/c1-4-13-8-10(2)12(17)15-7-5-6-14(3)11(16)9-15/h10,13H,4-9H2,1-3H3. The van der Waals surface area contributed by atoms with Gasteiger partial charge in [-0.15, -0.1) is 0 Å². The Hall–Kier alpha value is -1.10. The van der Waals surface area contributed by atoms with Gasteiger partial charge in [0.1, 0.15) is 0 Å². The summed E-state index contributed by atoms with van der Waals surface area (Å²) >= 11 is 0. The van der Waals surface area contributed by atoms with Crippen LogP contribution in [0.15, 0.2) is 0 Å². The van der Waals surface area contributed by atoms with Crippen LogP contribution in [0.2, 0.25) is 0 Å². The van der Waals surface area contributed by atoms with E-state index in [2.05, 4.69) is 5.32 Å². The normalized spacial score (nSPS) is 19.1. The number of rotatable bonds is 4. The van der Waals surface area contributed by atoms with Crippen molar-refractivity contribution >= 4 is 11.8 Å². The Kier molecular flexibility index (Phi) is 5.41. The van der Waals surface area contributed by atoms with E-state index in [0.717, 1.165) is 19.5 Å². The van der Waals surface area contributed by atoms with Crippen LogP contribution in [0.3, 0.4) is 0 Å². The smallest absolute Gasteiger partial charge is 0.241 e. The van der Waals surface area contributed by atoms with Crippen molar-refractivity contribution in [3.8, 4) is 0 Å². The Morgan fingerprint density at radius 3 is 2.82 bits per heavy atom. The van der Waals surface area contributed by atoms with E-state index in [-0.39, 0.29) is 24.3 Å². The molecular formula is C12H23N3O2. The van der Waals surface area contributed by atoms with Crippen LogP contribution < -0.4 is 5.32 Å². The lowest BCUT2D eigenvalue weighted by Crippen LogP contribution is -2.42. The van der Waals surface area contributed by atoms with Gasteiger partial charge in [0.25, 0.3) is 0 Å². The lowest BCUT2D eigenvalue weighted by atomic mass is 10.1. The minimum Gasteiger partial charge on any atom is -0.344 e. The number of hydrogen-bond acceptors (Lipinski definition) is 3. The molecule has 0 aromatic rings. The monoisotopic (exact) mass is 241 g/mol. The van der Waals surface area contributed by atoms with Gasteiger partial charge in [0.15, 0.2) is 0 Å². The minimum atomic E-state index is -0.0637. The quantitative estimate of drug-likeness (QED) is 0.749. The summed E-state index contributed by atoms with van der Waals surface area (Å²) in [5.74, 6) is 0.0484. The summed E-state index contributed by atoms with van der Waals surface area (Å²) in [5.41, 5.74) is 0. The van der Waals surface area contributed by atoms with Gasteiger partial charge in [-0.2, -0.15) is 0 Å². The highest BCUT2D eigenvalue weighted by Gasteiger charge is 2.25. The molecule has 0 radical (unpaired) electrons. The van der Waals surface area contributed by atoms with Gasteiger partial charge >= 0.3 is 0 Å². The van der Waals surface area contributed by atoms with Gasteiger partial charge in [0, 0.05) is 32.6 Å². The fraction of sp³-hybridized carbons (Fsp3) is 0.833. The topological polar surface area (TPSA) is 52.7 Å². The molecule has 1 aliphatic rings. The van der Waals surface area contributed by atoms with Crippen LogP contribution in [0.1, 0.15) is 20.3 Å². The van der Waals surface area contributed by atoms with Crippen molar-refractivity contribution in [3.05, 3.63) is 0 Å². The Bertz CT molecular complexity index is 281. The highest BCUT2D eigenvalue weighted by molar-refractivity contribution is 5.86. The van der Waals surface area contributed by atoms with Crippen LogP contribution in [-0.4, -0.2) is 61.4 Å². The van der Waals surface area contributed by atoms with Crippen molar-refractivity contribution in [1.82, 2.24) is 15.1 Å². The molecule has 1 fully saturated rings. The lowest BCUT2D eigenvalue weighted by Gasteiger charge is -2.23. The van der Waals surface area contributed by atoms with Crippen LogP contribution in [0.25, 0.3) is 0 Å². The average molecular weight is 241 g/mol. The van der Waals surface area contributed by atoms with E-state index < -0.39 is 0 Å². The number of carbonyl (C=O) groups excluding carboxylic acids is 2. The van der Waals surface area contributed by atoms with Crippen LogP contribution in [0.5, 0.6) is 0 Å². The third kappa shape index (κ3) is 4.00. The first kappa shape index (κ1) is 14.0. The number of hydrogen-bond donors (Lipinski definition) is 1. The number of nitrogens with one attached hydrogen (secondary N) is 1. The van der Waals surface area contributed by atoms with Gasteiger partial charge in [0.2, 0.25) is 11.8 Å². The van der Waals surface area contributed by atoms with Gasteiger partial charge in [-0.3, -0.25) is 9.59 Å². The Morgan fingerprint density at radius 2 is 2.18 bits per heavy atom. The minimum absolute atomic E-state index is 0.0338. The van der Waals surface area contributed by atoms with Crippen molar-refractivity contribution in [1.29, 1.82) is 0 Å². The fourth-order valence-corrected chi connectivity index (χ4v) is 1.93. The largest absolute Gasteiger partial charge is 0.344 e. The van der Waals surface area contributed by atoms with Crippen LogP contribution in [-0.2, 0) is 9.59 Å². The zero-order chi connectivity index (χ0) is 12.8. The second kappa shape index (κ2) is 6.59. The van der Waals surface area contributed by atoms with Crippen molar-refractivity contribution in [2.45, 2.75) is 20.3 Å². The Labute approximate surface area is 103 Å². The molecule has 0 aliphatic carbocycles. The SMILES string of the molecule is CCNCC(C)C(=O)N1CCCN(C)C(=O)C1. The molecule has 1 aliphatic heterocycles. The van der Waals surface area contributed by atoms with Gasteiger partial charge in [-0.1, -0.05) is 13.8 Å². The molecule has 5 nitrogen and oxygen atoms in total. The lowest BCUT2D eigenvalue weighted by molar-refractivity contribution is -0.140. The van der Waals surface area contributed by atoms with Crippen LogP contribution >= 0.6 is 0 Å². The molecule has 0 spiro atoms. The zero-order valence-electron chi connectivity index (χ0n) is 11.0. The number of likely N-dealkylation sites (N-methyl/N-ethyl adjacent to an activating group) is 1. The van der Waals surface area contributed by atoms with E-state index in [1.54, 1.807) is 16.8 Å². The Morgan fingerprint density at radius 1 is 1.47 bits per heavy atom. The van der Waals surface area contributed by atoms with E-state index >= 15 is 0 Å². The first-order chi connectivity index (χ1) is 8.06. The molecule has 0 aromatic heterocycles. The second-order valence-electron chi connectivity index (χ2n) is 4.64. The van der Waals surface area contributed by atoms with E-state index in [1.165, 1.54) is 0 Å². The average Bonchev–Trinajstić information content (AvgIpc) is 2.48. The van der Waals surface area contributed by atoms with E-state index in [0.29, 0.717) is 13.1 Å². The molecule has 1 rings (SSSR count). The van der Waals surface area contributed by atoms with E-state index in [1.807, 2.05) is 13.8 Å².